The summed E-state index contributed by atoms with van der Waals surface area (Å²) in [5.41, 5.74) is -1.37. The summed E-state index contributed by atoms with van der Waals surface area (Å²) in [6.07, 6.45) is 1.52. The van der Waals surface area contributed by atoms with Gasteiger partial charge in [-0.3, -0.25) is 0 Å². The van der Waals surface area contributed by atoms with Gasteiger partial charge < -0.3 is 14.6 Å². The number of aliphatic hydroxyl groups excluding tert-OH is 1. The molecule has 0 spiro atoms. The van der Waals surface area contributed by atoms with Gasteiger partial charge in [-0.05, 0) is 13.8 Å². The SMILES string of the molecule is C=CC(C)C1=C(O)C(=O)OC1(C)C(=O)OCC. The van der Waals surface area contributed by atoms with Crippen molar-refractivity contribution in [3.05, 3.63) is 24.0 Å². The molecule has 0 fully saturated rings. The van der Waals surface area contributed by atoms with Gasteiger partial charge in [-0.15, -0.1) is 6.58 Å². The van der Waals surface area contributed by atoms with E-state index in [4.69, 9.17) is 9.47 Å². The van der Waals surface area contributed by atoms with Crippen molar-refractivity contribution in [3.63, 3.8) is 0 Å². The lowest BCUT2D eigenvalue weighted by Crippen LogP contribution is -2.41. The van der Waals surface area contributed by atoms with Crippen LogP contribution in [-0.2, 0) is 19.1 Å². The highest BCUT2D eigenvalue weighted by molar-refractivity contribution is 5.98. The second-order valence-corrected chi connectivity index (χ2v) is 3.93. The number of esters is 2. The van der Waals surface area contributed by atoms with Crippen molar-refractivity contribution in [1.29, 1.82) is 0 Å². The zero-order chi connectivity index (χ0) is 13.2. The summed E-state index contributed by atoms with van der Waals surface area (Å²) in [7, 11) is 0. The molecule has 1 rings (SSSR count). The van der Waals surface area contributed by atoms with E-state index in [1.54, 1.807) is 13.8 Å². The van der Waals surface area contributed by atoms with Crippen molar-refractivity contribution >= 4 is 11.9 Å². The molecule has 0 bridgehead atoms. The first-order valence-electron chi connectivity index (χ1n) is 5.35. The Morgan fingerprint density at radius 3 is 2.76 bits per heavy atom. The Bertz CT molecular complexity index is 396. The van der Waals surface area contributed by atoms with Crippen LogP contribution in [0.4, 0.5) is 0 Å². The Morgan fingerprint density at radius 1 is 1.71 bits per heavy atom. The van der Waals surface area contributed by atoms with Crippen molar-refractivity contribution in [1.82, 2.24) is 0 Å². The summed E-state index contributed by atoms with van der Waals surface area (Å²) < 4.78 is 9.78. The van der Waals surface area contributed by atoms with E-state index in [0.29, 0.717) is 0 Å². The summed E-state index contributed by atoms with van der Waals surface area (Å²) >= 11 is 0. The number of carbonyl (C=O) groups excluding carboxylic acids is 2. The lowest BCUT2D eigenvalue weighted by atomic mass is 9.86. The van der Waals surface area contributed by atoms with Gasteiger partial charge in [-0.2, -0.15) is 0 Å². The number of hydrogen-bond acceptors (Lipinski definition) is 5. The van der Waals surface area contributed by atoms with E-state index in [1.165, 1.54) is 13.0 Å². The highest BCUT2D eigenvalue weighted by Gasteiger charge is 2.52. The first-order chi connectivity index (χ1) is 7.88. The summed E-state index contributed by atoms with van der Waals surface area (Å²) in [6.45, 7) is 8.50. The van der Waals surface area contributed by atoms with Gasteiger partial charge in [0.25, 0.3) is 0 Å². The van der Waals surface area contributed by atoms with Gasteiger partial charge >= 0.3 is 11.9 Å². The van der Waals surface area contributed by atoms with Gasteiger partial charge in [-0.25, -0.2) is 9.59 Å². The molecule has 0 amide bonds. The fourth-order valence-electron chi connectivity index (χ4n) is 1.81. The van der Waals surface area contributed by atoms with E-state index in [-0.39, 0.29) is 18.1 Å². The smallest absolute Gasteiger partial charge is 0.374 e. The Hall–Kier alpha value is -1.78. The van der Waals surface area contributed by atoms with Crippen LogP contribution in [0.2, 0.25) is 0 Å². The van der Waals surface area contributed by atoms with Crippen molar-refractivity contribution in [2.24, 2.45) is 5.92 Å². The number of aliphatic hydroxyl groups is 1. The largest absolute Gasteiger partial charge is 0.502 e. The molecule has 5 heteroatoms. The molecule has 94 valence electrons. The maximum atomic E-state index is 11.8. The first kappa shape index (κ1) is 13.3. The fraction of sp³-hybridized carbons (Fsp3) is 0.500. The van der Waals surface area contributed by atoms with Gasteiger partial charge in [0, 0.05) is 11.5 Å². The molecule has 5 nitrogen and oxygen atoms in total. The van der Waals surface area contributed by atoms with Crippen LogP contribution in [0.3, 0.4) is 0 Å². The minimum absolute atomic E-state index is 0.169. The molecule has 1 aliphatic heterocycles. The van der Waals surface area contributed by atoms with Crippen molar-refractivity contribution in [3.8, 4) is 0 Å². The molecular weight excluding hydrogens is 224 g/mol. The quantitative estimate of drug-likeness (QED) is 0.595. The molecule has 0 radical (unpaired) electrons. The van der Waals surface area contributed by atoms with Crippen LogP contribution in [0.25, 0.3) is 0 Å². The predicted molar refractivity (Wildman–Crippen MR) is 60.1 cm³/mol. The fourth-order valence-corrected chi connectivity index (χ4v) is 1.81. The maximum Gasteiger partial charge on any atom is 0.374 e. The van der Waals surface area contributed by atoms with Crippen LogP contribution in [-0.4, -0.2) is 29.3 Å². The van der Waals surface area contributed by atoms with Crippen LogP contribution in [0.5, 0.6) is 0 Å². The third-order valence-electron chi connectivity index (χ3n) is 2.73. The van der Waals surface area contributed by atoms with Crippen molar-refractivity contribution < 1.29 is 24.2 Å². The molecule has 1 heterocycles. The van der Waals surface area contributed by atoms with Gasteiger partial charge in [-0.1, -0.05) is 13.0 Å². The third-order valence-corrected chi connectivity index (χ3v) is 2.73. The first-order valence-corrected chi connectivity index (χ1v) is 5.35. The Labute approximate surface area is 99.7 Å². The third kappa shape index (κ3) is 2.05. The van der Waals surface area contributed by atoms with Gasteiger partial charge in [0.15, 0.2) is 0 Å². The van der Waals surface area contributed by atoms with Gasteiger partial charge in [0.2, 0.25) is 11.4 Å². The molecule has 0 aromatic carbocycles. The van der Waals surface area contributed by atoms with E-state index in [9.17, 15) is 14.7 Å². The lowest BCUT2D eigenvalue weighted by molar-refractivity contribution is -0.171. The molecule has 1 N–H and O–H groups in total. The van der Waals surface area contributed by atoms with E-state index in [2.05, 4.69) is 6.58 Å². The molecule has 0 saturated carbocycles. The standard InChI is InChI=1S/C12H16O5/c1-5-7(3)8-9(13)10(14)17-12(8,4)11(15)16-6-2/h5,7,13H,1,6H2,2-4H3. The second-order valence-electron chi connectivity index (χ2n) is 3.93. The average Bonchev–Trinajstić information content (AvgIpc) is 2.51. The molecule has 0 aromatic heterocycles. The number of rotatable bonds is 4. The molecule has 2 atom stereocenters. The van der Waals surface area contributed by atoms with Gasteiger partial charge in [0.05, 0.1) is 6.61 Å². The highest BCUT2D eigenvalue weighted by Crippen LogP contribution is 2.37. The number of carbonyl (C=O) groups is 2. The van der Waals surface area contributed by atoms with Gasteiger partial charge in [0.1, 0.15) is 0 Å². The maximum absolute atomic E-state index is 11.8. The predicted octanol–water partition coefficient (Wildman–Crippen LogP) is 1.50. The highest BCUT2D eigenvalue weighted by atomic mass is 16.6. The number of ether oxygens (including phenoxy) is 2. The summed E-state index contributed by atoms with van der Waals surface area (Å²) in [6, 6.07) is 0. The van der Waals surface area contributed by atoms with E-state index in [0.717, 1.165) is 0 Å². The van der Waals surface area contributed by atoms with E-state index < -0.39 is 23.3 Å². The minimum Gasteiger partial charge on any atom is -0.502 e. The second kappa shape index (κ2) is 4.61. The normalized spacial score (nSPS) is 25.5. The summed E-state index contributed by atoms with van der Waals surface area (Å²) in [5, 5.41) is 9.66. The Morgan fingerprint density at radius 2 is 2.29 bits per heavy atom. The van der Waals surface area contributed by atoms with E-state index >= 15 is 0 Å². The molecular formula is C12H16O5. The number of allylic oxidation sites excluding steroid dienone is 1. The van der Waals surface area contributed by atoms with Crippen LogP contribution in [0.15, 0.2) is 24.0 Å². The Kier molecular flexibility index (Phi) is 3.60. The molecule has 1 aliphatic rings. The zero-order valence-electron chi connectivity index (χ0n) is 10.1. The van der Waals surface area contributed by atoms with Crippen molar-refractivity contribution in [2.45, 2.75) is 26.4 Å². The van der Waals surface area contributed by atoms with Crippen molar-refractivity contribution in [2.75, 3.05) is 6.61 Å². The molecule has 0 aromatic rings. The molecule has 2 unspecified atom stereocenters. The number of hydrogen-bond donors (Lipinski definition) is 1. The molecule has 17 heavy (non-hydrogen) atoms. The summed E-state index contributed by atoms with van der Waals surface area (Å²) in [5.74, 6) is -2.51. The molecule has 0 aliphatic carbocycles. The van der Waals surface area contributed by atoms with Crippen LogP contribution >= 0.6 is 0 Å². The van der Waals surface area contributed by atoms with Crippen LogP contribution in [0, 0.1) is 5.92 Å². The number of cyclic esters (lactones) is 1. The zero-order valence-corrected chi connectivity index (χ0v) is 10.1. The summed E-state index contributed by atoms with van der Waals surface area (Å²) in [4.78, 5) is 23.2. The van der Waals surface area contributed by atoms with Crippen LogP contribution in [0.1, 0.15) is 20.8 Å². The minimum atomic E-state index is -1.56. The molecule has 0 saturated heterocycles. The Balaban J connectivity index is 3.21. The topological polar surface area (TPSA) is 72.8 Å². The lowest BCUT2D eigenvalue weighted by Gasteiger charge is -2.25. The average molecular weight is 240 g/mol. The van der Waals surface area contributed by atoms with E-state index in [1.807, 2.05) is 0 Å². The van der Waals surface area contributed by atoms with Crippen LogP contribution < -0.4 is 0 Å². The monoisotopic (exact) mass is 240 g/mol.